The molecule has 0 aromatic carbocycles. The molecule has 112 valence electrons. The van der Waals surface area contributed by atoms with E-state index in [1.54, 1.807) is 0 Å². The van der Waals surface area contributed by atoms with Gasteiger partial charge >= 0.3 is 12.1 Å². The molecule has 1 aromatic rings. The maximum atomic E-state index is 13.4. The standard InChI is InChI=1S/C12H13F4NO3/c1-5(2)20-11(18)7-6(3)17-10(13)8(9(7)19-4)12(14,15)16/h5H,1-4H3. The predicted molar refractivity (Wildman–Crippen MR) is 61.0 cm³/mol. The average Bonchev–Trinajstić information content (AvgIpc) is 2.24. The van der Waals surface area contributed by atoms with E-state index in [9.17, 15) is 22.4 Å². The quantitative estimate of drug-likeness (QED) is 0.488. The van der Waals surface area contributed by atoms with Crippen molar-refractivity contribution >= 4 is 5.97 Å². The van der Waals surface area contributed by atoms with Gasteiger partial charge in [0, 0.05) is 0 Å². The minimum absolute atomic E-state index is 0.238. The average molecular weight is 295 g/mol. The summed E-state index contributed by atoms with van der Waals surface area (Å²) in [6.45, 7) is 4.26. The molecule has 0 saturated heterocycles. The van der Waals surface area contributed by atoms with E-state index in [0.717, 1.165) is 7.11 Å². The first-order valence-corrected chi connectivity index (χ1v) is 5.61. The summed E-state index contributed by atoms with van der Waals surface area (Å²) < 4.78 is 61.3. The Morgan fingerprint density at radius 2 is 1.85 bits per heavy atom. The van der Waals surface area contributed by atoms with Crippen molar-refractivity contribution in [1.82, 2.24) is 4.98 Å². The van der Waals surface area contributed by atoms with E-state index in [2.05, 4.69) is 9.72 Å². The molecule has 1 aromatic heterocycles. The van der Waals surface area contributed by atoms with Gasteiger partial charge in [-0.05, 0) is 20.8 Å². The van der Waals surface area contributed by atoms with Crippen LogP contribution >= 0.6 is 0 Å². The number of halogens is 4. The SMILES string of the molecule is COc1c(C(=O)OC(C)C)c(C)nc(F)c1C(F)(F)F. The number of nitrogens with zero attached hydrogens (tertiary/aromatic N) is 1. The molecule has 0 aliphatic heterocycles. The van der Waals surface area contributed by atoms with Crippen LogP contribution in [0.2, 0.25) is 0 Å². The predicted octanol–water partition coefficient (Wildman–Crippen LogP) is 3.12. The van der Waals surface area contributed by atoms with Crippen molar-refractivity contribution in [2.75, 3.05) is 7.11 Å². The first kappa shape index (κ1) is 16.2. The summed E-state index contributed by atoms with van der Waals surface area (Å²) in [5, 5.41) is 0. The second-order valence-electron chi connectivity index (χ2n) is 4.22. The van der Waals surface area contributed by atoms with Crippen LogP contribution in [0.25, 0.3) is 0 Å². The van der Waals surface area contributed by atoms with E-state index in [0.29, 0.717) is 0 Å². The summed E-state index contributed by atoms with van der Waals surface area (Å²) >= 11 is 0. The molecule has 4 nitrogen and oxygen atoms in total. The van der Waals surface area contributed by atoms with Crippen molar-refractivity contribution < 1.29 is 31.8 Å². The molecule has 1 rings (SSSR count). The van der Waals surface area contributed by atoms with Gasteiger partial charge in [0.1, 0.15) is 5.56 Å². The van der Waals surface area contributed by atoms with E-state index in [-0.39, 0.29) is 5.69 Å². The summed E-state index contributed by atoms with van der Waals surface area (Å²) in [7, 11) is 0.912. The van der Waals surface area contributed by atoms with Gasteiger partial charge in [0.15, 0.2) is 11.3 Å². The van der Waals surface area contributed by atoms with Gasteiger partial charge in [0.05, 0.1) is 18.9 Å². The summed E-state index contributed by atoms with van der Waals surface area (Å²) in [4.78, 5) is 14.9. The second-order valence-corrected chi connectivity index (χ2v) is 4.22. The van der Waals surface area contributed by atoms with Crippen LogP contribution in [0.1, 0.15) is 35.5 Å². The van der Waals surface area contributed by atoms with Gasteiger partial charge in [-0.2, -0.15) is 17.6 Å². The number of carbonyl (C=O) groups excluding carboxylic acids is 1. The van der Waals surface area contributed by atoms with Gasteiger partial charge in [-0.1, -0.05) is 0 Å². The van der Waals surface area contributed by atoms with Gasteiger partial charge < -0.3 is 9.47 Å². The van der Waals surface area contributed by atoms with Crippen molar-refractivity contribution in [2.45, 2.75) is 33.1 Å². The number of aryl methyl sites for hydroxylation is 1. The van der Waals surface area contributed by atoms with Crippen LogP contribution in [0.5, 0.6) is 5.75 Å². The summed E-state index contributed by atoms with van der Waals surface area (Å²) in [6.07, 6.45) is -5.59. The van der Waals surface area contributed by atoms with Crippen LogP contribution in [0.3, 0.4) is 0 Å². The molecule has 20 heavy (non-hydrogen) atoms. The van der Waals surface area contributed by atoms with Crippen LogP contribution in [-0.2, 0) is 10.9 Å². The molecule has 8 heteroatoms. The summed E-state index contributed by atoms with van der Waals surface area (Å²) in [5.41, 5.74) is -2.49. The normalized spacial score (nSPS) is 11.7. The first-order chi connectivity index (χ1) is 9.09. The second kappa shape index (κ2) is 5.64. The Labute approximate surface area is 112 Å². The highest BCUT2D eigenvalue weighted by molar-refractivity contribution is 5.94. The Bertz CT molecular complexity index is 526. The maximum Gasteiger partial charge on any atom is 0.424 e. The zero-order valence-corrected chi connectivity index (χ0v) is 11.3. The number of rotatable bonds is 3. The molecule has 0 unspecified atom stereocenters. The largest absolute Gasteiger partial charge is 0.495 e. The lowest BCUT2D eigenvalue weighted by Gasteiger charge is -2.17. The van der Waals surface area contributed by atoms with Crippen molar-refractivity contribution in [3.05, 3.63) is 22.8 Å². The zero-order valence-electron chi connectivity index (χ0n) is 11.3. The summed E-state index contributed by atoms with van der Waals surface area (Å²) in [6, 6.07) is 0. The Hall–Kier alpha value is -1.86. The minimum atomic E-state index is -5.04. The number of hydrogen-bond acceptors (Lipinski definition) is 4. The monoisotopic (exact) mass is 295 g/mol. The third-order valence-electron chi connectivity index (χ3n) is 2.32. The molecule has 0 radical (unpaired) electrons. The minimum Gasteiger partial charge on any atom is -0.495 e. The van der Waals surface area contributed by atoms with Crippen molar-refractivity contribution in [3.63, 3.8) is 0 Å². The number of alkyl halides is 3. The Kier molecular flexibility index (Phi) is 4.57. The van der Waals surface area contributed by atoms with Crippen LogP contribution in [-0.4, -0.2) is 24.2 Å². The van der Waals surface area contributed by atoms with Crippen molar-refractivity contribution in [2.24, 2.45) is 0 Å². The van der Waals surface area contributed by atoms with Crippen LogP contribution < -0.4 is 4.74 Å². The lowest BCUT2D eigenvalue weighted by Crippen LogP contribution is -2.20. The molecule has 0 bridgehead atoms. The van der Waals surface area contributed by atoms with E-state index >= 15 is 0 Å². The molecule has 0 aliphatic carbocycles. The number of aromatic nitrogens is 1. The summed E-state index contributed by atoms with van der Waals surface area (Å²) in [5.74, 6) is -3.71. The van der Waals surface area contributed by atoms with Crippen molar-refractivity contribution in [1.29, 1.82) is 0 Å². The molecule has 0 saturated carbocycles. The lowest BCUT2D eigenvalue weighted by molar-refractivity contribution is -0.141. The molecular formula is C12H13F4NO3. The molecule has 0 N–H and O–H groups in total. The molecule has 0 fully saturated rings. The number of esters is 1. The molecule has 0 spiro atoms. The fourth-order valence-corrected chi connectivity index (χ4v) is 1.61. The molecule has 1 heterocycles. The molecule has 0 amide bonds. The highest BCUT2D eigenvalue weighted by atomic mass is 19.4. The number of ether oxygens (including phenoxy) is 2. The van der Waals surface area contributed by atoms with Gasteiger partial charge in [0.25, 0.3) is 0 Å². The molecular weight excluding hydrogens is 282 g/mol. The third-order valence-corrected chi connectivity index (χ3v) is 2.32. The number of hydrogen-bond donors (Lipinski definition) is 0. The highest BCUT2D eigenvalue weighted by Gasteiger charge is 2.42. The first-order valence-electron chi connectivity index (χ1n) is 5.61. The van der Waals surface area contributed by atoms with E-state index in [1.165, 1.54) is 20.8 Å². The van der Waals surface area contributed by atoms with E-state index in [1.807, 2.05) is 0 Å². The number of pyridine rings is 1. The maximum absolute atomic E-state index is 13.4. The third kappa shape index (κ3) is 3.17. The van der Waals surface area contributed by atoms with Crippen molar-refractivity contribution in [3.8, 4) is 5.75 Å². The smallest absolute Gasteiger partial charge is 0.424 e. The van der Waals surface area contributed by atoms with Gasteiger partial charge in [-0.15, -0.1) is 0 Å². The lowest BCUT2D eigenvalue weighted by atomic mass is 10.1. The number of carbonyl (C=O) groups is 1. The van der Waals surface area contributed by atoms with Gasteiger partial charge in [0.2, 0.25) is 5.95 Å². The van der Waals surface area contributed by atoms with E-state index < -0.39 is 41.1 Å². The Morgan fingerprint density at radius 3 is 2.25 bits per heavy atom. The van der Waals surface area contributed by atoms with Crippen LogP contribution in [0.4, 0.5) is 17.6 Å². The molecule has 0 aliphatic rings. The number of methoxy groups -OCH3 is 1. The van der Waals surface area contributed by atoms with Gasteiger partial charge in [-0.3, -0.25) is 0 Å². The topological polar surface area (TPSA) is 48.4 Å². The molecule has 0 atom stereocenters. The Morgan fingerprint density at radius 1 is 1.30 bits per heavy atom. The fourth-order valence-electron chi connectivity index (χ4n) is 1.61. The Balaban J connectivity index is 3.56. The fraction of sp³-hybridized carbons (Fsp3) is 0.500. The van der Waals surface area contributed by atoms with Gasteiger partial charge in [-0.25, -0.2) is 9.78 Å². The van der Waals surface area contributed by atoms with E-state index in [4.69, 9.17) is 4.74 Å². The highest BCUT2D eigenvalue weighted by Crippen LogP contribution is 2.40. The van der Waals surface area contributed by atoms with Crippen LogP contribution in [0.15, 0.2) is 0 Å². The zero-order chi connectivity index (χ0) is 15.7. The van der Waals surface area contributed by atoms with Crippen LogP contribution in [0, 0.1) is 12.9 Å².